The number of methoxy groups -OCH3 is 1. The molecule has 0 radical (unpaired) electrons. The zero-order valence-corrected chi connectivity index (χ0v) is 11.7. The van der Waals surface area contributed by atoms with Crippen molar-refractivity contribution in [2.75, 3.05) is 12.5 Å². The molecule has 0 spiro atoms. The molecule has 0 aliphatic heterocycles. The van der Waals surface area contributed by atoms with Gasteiger partial charge < -0.3 is 10.2 Å². The zero-order chi connectivity index (χ0) is 13.8. The fourth-order valence-corrected chi connectivity index (χ4v) is 2.18. The lowest BCUT2D eigenvalue weighted by atomic mass is 10.2. The Morgan fingerprint density at radius 2 is 1.95 bits per heavy atom. The van der Waals surface area contributed by atoms with Crippen LogP contribution in [-0.2, 0) is 11.3 Å². The third-order valence-corrected chi connectivity index (χ3v) is 3.04. The first-order chi connectivity index (χ1) is 9.15. The fraction of sp³-hybridized carbons (Fsp3) is 0.167. The number of hydrogen-bond acceptors (Lipinski definition) is 5. The molecule has 0 aliphatic carbocycles. The number of hydrogen-bond donors (Lipinski definition) is 2. The summed E-state index contributed by atoms with van der Waals surface area (Å²) in [6.45, 7) is 0.340. The molecule has 5 nitrogen and oxygen atoms in total. The number of nitrogens with zero attached hydrogens (tertiary/aromatic N) is 2. The van der Waals surface area contributed by atoms with Crippen LogP contribution in [0.25, 0.3) is 11.4 Å². The van der Waals surface area contributed by atoms with Crippen LogP contribution in [0, 0.1) is 0 Å². The van der Waals surface area contributed by atoms with Crippen LogP contribution in [0.5, 0.6) is 0 Å². The molecular formula is C12H12Cl2N4O. The maximum Gasteiger partial charge on any atom is 0.164 e. The molecule has 7 heteroatoms. The summed E-state index contributed by atoms with van der Waals surface area (Å²) < 4.78 is 5.05. The Kier molecular flexibility index (Phi) is 4.55. The van der Waals surface area contributed by atoms with Crippen molar-refractivity contribution in [3.63, 3.8) is 0 Å². The van der Waals surface area contributed by atoms with Crippen LogP contribution in [0.4, 0.5) is 5.82 Å². The predicted octanol–water partition coefficient (Wildman–Crippen LogP) is 2.88. The first kappa shape index (κ1) is 14.0. The Morgan fingerprint density at radius 1 is 1.26 bits per heavy atom. The van der Waals surface area contributed by atoms with Gasteiger partial charge in [0.2, 0.25) is 0 Å². The van der Waals surface area contributed by atoms with Crippen LogP contribution in [0.15, 0.2) is 24.3 Å². The van der Waals surface area contributed by atoms with Crippen molar-refractivity contribution in [3.8, 4) is 11.4 Å². The normalized spacial score (nSPS) is 10.5. The van der Waals surface area contributed by atoms with Crippen LogP contribution >= 0.6 is 23.2 Å². The van der Waals surface area contributed by atoms with Crippen LogP contribution in [0.1, 0.15) is 5.69 Å². The summed E-state index contributed by atoms with van der Waals surface area (Å²) in [5.41, 5.74) is 3.73. The molecule has 0 atom stereocenters. The molecule has 3 N–H and O–H groups in total. The van der Waals surface area contributed by atoms with Crippen molar-refractivity contribution < 1.29 is 4.74 Å². The van der Waals surface area contributed by atoms with E-state index in [4.69, 9.17) is 33.8 Å². The van der Waals surface area contributed by atoms with Crippen LogP contribution in [0.3, 0.4) is 0 Å². The molecule has 2 rings (SSSR count). The smallest absolute Gasteiger partial charge is 0.164 e. The summed E-state index contributed by atoms with van der Waals surface area (Å²) in [4.78, 5) is 8.62. The van der Waals surface area contributed by atoms with Crippen molar-refractivity contribution in [1.82, 2.24) is 9.97 Å². The van der Waals surface area contributed by atoms with Crippen molar-refractivity contribution >= 4 is 29.0 Å². The van der Waals surface area contributed by atoms with Gasteiger partial charge in [0.25, 0.3) is 0 Å². The number of nitrogens with one attached hydrogen (secondary N) is 1. The summed E-state index contributed by atoms with van der Waals surface area (Å²) in [5, 5.41) is 0.954. The topological polar surface area (TPSA) is 73.1 Å². The highest BCUT2D eigenvalue weighted by Crippen LogP contribution is 2.33. The van der Waals surface area contributed by atoms with Gasteiger partial charge in [0, 0.05) is 13.2 Å². The molecule has 0 saturated carbocycles. The first-order valence-electron chi connectivity index (χ1n) is 5.43. The zero-order valence-electron chi connectivity index (χ0n) is 10.2. The van der Waals surface area contributed by atoms with E-state index in [2.05, 4.69) is 15.4 Å². The molecule has 19 heavy (non-hydrogen) atoms. The summed E-state index contributed by atoms with van der Waals surface area (Å²) in [5.74, 6) is 6.26. The highest BCUT2D eigenvalue weighted by molar-refractivity contribution is 6.38. The molecule has 0 fully saturated rings. The van der Waals surface area contributed by atoms with Gasteiger partial charge >= 0.3 is 0 Å². The maximum absolute atomic E-state index is 6.14. The van der Waals surface area contributed by atoms with Crippen LogP contribution in [-0.4, -0.2) is 17.1 Å². The third-order valence-electron chi connectivity index (χ3n) is 2.41. The number of halogens is 2. The second kappa shape index (κ2) is 6.16. The van der Waals surface area contributed by atoms with E-state index in [9.17, 15) is 0 Å². The van der Waals surface area contributed by atoms with E-state index in [1.807, 2.05) is 0 Å². The molecule has 1 heterocycles. The standard InChI is InChI=1S/C12H12Cl2N4O/c1-19-6-7-5-10(18-15)17-12(16-7)11-8(13)3-2-4-9(11)14/h2-5H,6,15H2,1H3,(H,16,17,18). The molecule has 0 saturated heterocycles. The highest BCUT2D eigenvalue weighted by atomic mass is 35.5. The van der Waals surface area contributed by atoms with Gasteiger partial charge in [-0.25, -0.2) is 15.8 Å². The second-order valence-corrected chi connectivity index (χ2v) is 4.56. The molecule has 1 aromatic carbocycles. The van der Waals surface area contributed by atoms with Gasteiger partial charge in [-0.3, -0.25) is 0 Å². The Labute approximate surface area is 120 Å². The van der Waals surface area contributed by atoms with E-state index < -0.39 is 0 Å². The van der Waals surface area contributed by atoms with Gasteiger partial charge in [0.15, 0.2) is 5.82 Å². The van der Waals surface area contributed by atoms with Crippen molar-refractivity contribution in [1.29, 1.82) is 0 Å². The molecule has 0 amide bonds. The first-order valence-corrected chi connectivity index (χ1v) is 6.19. The average molecular weight is 299 g/mol. The van der Waals surface area contributed by atoms with Gasteiger partial charge in [-0.1, -0.05) is 29.3 Å². The van der Waals surface area contributed by atoms with Gasteiger partial charge in [0.05, 0.1) is 27.9 Å². The lowest BCUT2D eigenvalue weighted by Crippen LogP contribution is -2.11. The minimum Gasteiger partial charge on any atom is -0.378 e. The number of aromatic nitrogens is 2. The SMILES string of the molecule is COCc1cc(NN)nc(-c2c(Cl)cccc2Cl)n1. The van der Waals surface area contributed by atoms with Crippen molar-refractivity contribution in [2.45, 2.75) is 6.61 Å². The highest BCUT2D eigenvalue weighted by Gasteiger charge is 2.13. The molecule has 0 bridgehead atoms. The molecule has 2 aromatic rings. The number of ether oxygens (including phenoxy) is 1. The predicted molar refractivity (Wildman–Crippen MR) is 76.0 cm³/mol. The number of benzene rings is 1. The van der Waals surface area contributed by atoms with E-state index in [-0.39, 0.29) is 0 Å². The largest absolute Gasteiger partial charge is 0.378 e. The van der Waals surface area contributed by atoms with E-state index in [1.165, 1.54) is 0 Å². The molecule has 1 aromatic heterocycles. The van der Waals surface area contributed by atoms with E-state index >= 15 is 0 Å². The van der Waals surface area contributed by atoms with Crippen molar-refractivity contribution in [2.24, 2.45) is 5.84 Å². The molecular weight excluding hydrogens is 287 g/mol. The fourth-order valence-electron chi connectivity index (χ4n) is 1.62. The van der Waals surface area contributed by atoms with E-state index in [1.54, 1.807) is 31.4 Å². The monoisotopic (exact) mass is 298 g/mol. The number of hydrazine groups is 1. The average Bonchev–Trinajstić information content (AvgIpc) is 2.38. The van der Waals surface area contributed by atoms with Gasteiger partial charge in [-0.2, -0.15) is 0 Å². The number of rotatable bonds is 4. The maximum atomic E-state index is 6.14. The molecule has 0 unspecified atom stereocenters. The number of nitrogens with two attached hydrogens (primary N) is 1. The lowest BCUT2D eigenvalue weighted by Gasteiger charge is -2.09. The van der Waals surface area contributed by atoms with E-state index in [0.717, 1.165) is 0 Å². The Bertz CT molecular complexity index is 572. The van der Waals surface area contributed by atoms with E-state index in [0.29, 0.717) is 39.6 Å². The quantitative estimate of drug-likeness (QED) is 0.671. The molecule has 100 valence electrons. The summed E-state index contributed by atoms with van der Waals surface area (Å²) in [6, 6.07) is 6.91. The van der Waals surface area contributed by atoms with Gasteiger partial charge in [0.1, 0.15) is 5.82 Å². The minimum absolute atomic E-state index is 0.340. The Morgan fingerprint density at radius 3 is 2.53 bits per heavy atom. The molecule has 0 aliphatic rings. The minimum atomic E-state index is 0.340. The number of nitrogen functional groups attached to an aromatic ring is 1. The lowest BCUT2D eigenvalue weighted by molar-refractivity contribution is 0.181. The summed E-state index contributed by atoms with van der Waals surface area (Å²) in [6.07, 6.45) is 0. The van der Waals surface area contributed by atoms with Gasteiger partial charge in [-0.05, 0) is 12.1 Å². The van der Waals surface area contributed by atoms with Crippen LogP contribution < -0.4 is 11.3 Å². The van der Waals surface area contributed by atoms with Crippen LogP contribution in [0.2, 0.25) is 10.0 Å². The van der Waals surface area contributed by atoms with Crippen molar-refractivity contribution in [3.05, 3.63) is 40.0 Å². The summed E-state index contributed by atoms with van der Waals surface area (Å²) >= 11 is 12.3. The Hall–Kier alpha value is -1.40. The Balaban J connectivity index is 2.57. The second-order valence-electron chi connectivity index (χ2n) is 3.74. The van der Waals surface area contributed by atoms with Gasteiger partial charge in [-0.15, -0.1) is 0 Å². The summed E-state index contributed by atoms with van der Waals surface area (Å²) in [7, 11) is 1.58. The number of anilines is 1. The third kappa shape index (κ3) is 3.13.